The molecule has 0 radical (unpaired) electrons. The van der Waals surface area contributed by atoms with E-state index in [1.165, 1.54) is 22.3 Å². The van der Waals surface area contributed by atoms with E-state index < -0.39 is 69.2 Å². The fourth-order valence-corrected chi connectivity index (χ4v) is 6.04. The van der Waals surface area contributed by atoms with Gasteiger partial charge in [0.1, 0.15) is 28.2 Å². The fraction of sp³-hybridized carbons (Fsp3) is 0.259. The molecule has 1 unspecified atom stereocenters. The number of carbonyl (C=O) groups excluding carboxylic acids is 2. The quantitative estimate of drug-likeness (QED) is 0.130. The van der Waals surface area contributed by atoms with E-state index in [4.69, 9.17) is 9.47 Å². The second-order valence-electron chi connectivity index (χ2n) is 9.30. The van der Waals surface area contributed by atoms with Crippen LogP contribution in [0.5, 0.6) is 5.75 Å². The highest BCUT2D eigenvalue weighted by atomic mass is 32.2. The van der Waals surface area contributed by atoms with Crippen molar-refractivity contribution < 1.29 is 54.3 Å². The number of hydrogen-bond acceptors (Lipinski definition) is 8. The number of benzene rings is 3. The molecule has 40 heavy (non-hydrogen) atoms. The molecule has 8 nitrogen and oxygen atoms in total. The van der Waals surface area contributed by atoms with E-state index in [9.17, 15) is 40.1 Å². The lowest BCUT2D eigenvalue weighted by Crippen LogP contribution is -2.35. The van der Waals surface area contributed by atoms with Gasteiger partial charge in [-0.2, -0.15) is 8.78 Å². The minimum Gasteiger partial charge on any atom is -0.744 e. The van der Waals surface area contributed by atoms with Gasteiger partial charge in [-0.15, -0.1) is 0 Å². The molecule has 0 amide bonds. The van der Waals surface area contributed by atoms with Crippen molar-refractivity contribution in [3.05, 3.63) is 94.1 Å². The molecule has 3 aromatic rings. The Kier molecular flexibility index (Phi) is 7.38. The standard InChI is InChI=1S/C27H20F4O8S/c28-22-24(30)27(40(34,35)36)25(31)23(29)26(22)39-20(33)12-37-11-19(32)38-10-13-9-18-14-5-1-3-7-16(14)21(13)17-8-4-2-6-15(17)18/h1-8,13,18,21H,9-12H2,(H,34,35,36)/p-1. The molecule has 0 spiro atoms. The molecule has 6 rings (SSSR count). The summed E-state index contributed by atoms with van der Waals surface area (Å²) in [4.78, 5) is 21.7. The maximum Gasteiger partial charge on any atom is 0.337 e. The maximum atomic E-state index is 14.0. The van der Waals surface area contributed by atoms with Gasteiger partial charge in [0.05, 0.1) is 6.61 Å². The van der Waals surface area contributed by atoms with Gasteiger partial charge in [-0.05, 0) is 28.7 Å². The summed E-state index contributed by atoms with van der Waals surface area (Å²) < 4.78 is 103. The molecule has 0 aromatic heterocycles. The highest BCUT2D eigenvalue weighted by molar-refractivity contribution is 7.85. The Labute approximate surface area is 225 Å². The van der Waals surface area contributed by atoms with Gasteiger partial charge in [0.15, 0.2) is 11.6 Å². The fourth-order valence-electron chi connectivity index (χ4n) is 5.43. The molecule has 0 saturated carbocycles. The Morgan fingerprint density at radius 2 is 1.30 bits per heavy atom. The number of hydrogen-bond donors (Lipinski definition) is 0. The van der Waals surface area contributed by atoms with Crippen LogP contribution in [0.2, 0.25) is 0 Å². The Morgan fingerprint density at radius 1 is 0.800 bits per heavy atom. The van der Waals surface area contributed by atoms with Gasteiger partial charge in [0.25, 0.3) is 0 Å². The Bertz CT molecular complexity index is 1550. The van der Waals surface area contributed by atoms with Crippen molar-refractivity contribution >= 4 is 22.1 Å². The number of fused-ring (bicyclic) bond motifs is 1. The van der Waals surface area contributed by atoms with E-state index in [-0.39, 0.29) is 24.4 Å². The third-order valence-corrected chi connectivity index (χ3v) is 7.83. The first-order chi connectivity index (χ1) is 19.0. The summed E-state index contributed by atoms with van der Waals surface area (Å²) in [5, 5.41) is 0. The molecule has 3 aliphatic rings. The van der Waals surface area contributed by atoms with E-state index in [1.54, 1.807) is 0 Å². The van der Waals surface area contributed by atoms with Crippen LogP contribution in [0.4, 0.5) is 17.6 Å². The number of halogens is 4. The molecule has 0 fully saturated rings. The lowest BCUT2D eigenvalue weighted by Gasteiger charge is -2.45. The third-order valence-electron chi connectivity index (χ3n) is 6.97. The predicted octanol–water partition coefficient (Wildman–Crippen LogP) is 3.91. The van der Waals surface area contributed by atoms with E-state index in [1.807, 2.05) is 24.3 Å². The molecule has 2 bridgehead atoms. The maximum absolute atomic E-state index is 14.0. The topological polar surface area (TPSA) is 119 Å². The number of rotatable bonds is 8. The minimum atomic E-state index is -5.92. The zero-order chi connectivity index (χ0) is 28.8. The molecule has 3 aliphatic carbocycles. The summed E-state index contributed by atoms with van der Waals surface area (Å²) in [5.74, 6) is -14.1. The van der Waals surface area contributed by atoms with E-state index in [2.05, 4.69) is 29.0 Å². The first-order valence-electron chi connectivity index (χ1n) is 11.9. The predicted molar refractivity (Wildman–Crippen MR) is 126 cm³/mol. The van der Waals surface area contributed by atoms with Gasteiger partial charge in [-0.1, -0.05) is 48.5 Å². The van der Waals surface area contributed by atoms with Crippen molar-refractivity contribution in [2.45, 2.75) is 23.2 Å². The second kappa shape index (κ2) is 10.6. The molecule has 0 aliphatic heterocycles. The van der Waals surface area contributed by atoms with Crippen molar-refractivity contribution in [1.29, 1.82) is 0 Å². The molecule has 3 aromatic carbocycles. The molecular formula is C27H19F4O8S-. The van der Waals surface area contributed by atoms with Crippen LogP contribution in [0.3, 0.4) is 0 Å². The van der Waals surface area contributed by atoms with Gasteiger partial charge in [-0.25, -0.2) is 26.8 Å². The minimum absolute atomic E-state index is 0.0136. The highest BCUT2D eigenvalue weighted by Gasteiger charge is 2.43. The summed E-state index contributed by atoms with van der Waals surface area (Å²) in [6.07, 6.45) is 0.760. The highest BCUT2D eigenvalue weighted by Crippen LogP contribution is 2.55. The summed E-state index contributed by atoms with van der Waals surface area (Å²) in [5.41, 5.74) is 4.83. The van der Waals surface area contributed by atoms with Gasteiger partial charge in [0.2, 0.25) is 17.4 Å². The zero-order valence-corrected chi connectivity index (χ0v) is 21.2. The van der Waals surface area contributed by atoms with E-state index in [0.717, 1.165) is 6.42 Å². The molecule has 13 heteroatoms. The SMILES string of the molecule is O=C(COCC(=O)Oc1c(F)c(F)c(S(=O)(=O)[O-])c(F)c1F)OCC1CC2c3ccccc3C1c1ccccc12. The van der Waals surface area contributed by atoms with Crippen LogP contribution in [0, 0.1) is 29.2 Å². The van der Waals surface area contributed by atoms with Gasteiger partial charge < -0.3 is 18.8 Å². The largest absolute Gasteiger partial charge is 0.744 e. The van der Waals surface area contributed by atoms with Crippen molar-refractivity contribution in [3.8, 4) is 5.75 Å². The van der Waals surface area contributed by atoms with Gasteiger partial charge >= 0.3 is 11.9 Å². The van der Waals surface area contributed by atoms with Crippen LogP contribution in [-0.4, -0.2) is 44.7 Å². The molecule has 0 heterocycles. The molecule has 210 valence electrons. The second-order valence-corrected chi connectivity index (χ2v) is 10.6. The average Bonchev–Trinajstić information content (AvgIpc) is 2.92. The van der Waals surface area contributed by atoms with Crippen molar-refractivity contribution in [3.63, 3.8) is 0 Å². The van der Waals surface area contributed by atoms with Crippen molar-refractivity contribution in [2.75, 3.05) is 19.8 Å². The van der Waals surface area contributed by atoms with E-state index >= 15 is 0 Å². The average molecular weight is 580 g/mol. The molecule has 0 saturated heterocycles. The van der Waals surface area contributed by atoms with Gasteiger partial charge in [0, 0.05) is 17.8 Å². The lowest BCUT2D eigenvalue weighted by atomic mass is 9.59. The smallest absolute Gasteiger partial charge is 0.337 e. The third kappa shape index (κ3) is 4.95. The summed E-state index contributed by atoms with van der Waals surface area (Å²) >= 11 is 0. The normalized spacial score (nSPS) is 19.1. The Morgan fingerprint density at radius 3 is 1.82 bits per heavy atom. The molecular weight excluding hydrogens is 560 g/mol. The lowest BCUT2D eigenvalue weighted by molar-refractivity contribution is -0.153. The van der Waals surface area contributed by atoms with Crippen LogP contribution in [0.25, 0.3) is 0 Å². The summed E-state index contributed by atoms with van der Waals surface area (Å²) in [7, 11) is -5.92. The summed E-state index contributed by atoms with van der Waals surface area (Å²) in [6, 6.07) is 16.2. The Balaban J connectivity index is 1.17. The van der Waals surface area contributed by atoms with Crippen LogP contribution in [0.15, 0.2) is 53.4 Å². The zero-order valence-electron chi connectivity index (χ0n) is 20.4. The monoisotopic (exact) mass is 579 g/mol. The van der Waals surface area contributed by atoms with Gasteiger partial charge in [-0.3, -0.25) is 0 Å². The first-order valence-corrected chi connectivity index (χ1v) is 13.3. The van der Waals surface area contributed by atoms with Crippen LogP contribution in [0.1, 0.15) is 40.5 Å². The first kappa shape index (κ1) is 27.7. The molecule has 0 N–H and O–H groups in total. The van der Waals surface area contributed by atoms with Crippen molar-refractivity contribution in [1.82, 2.24) is 0 Å². The Hall–Kier alpha value is -3.81. The van der Waals surface area contributed by atoms with Crippen molar-refractivity contribution in [2.24, 2.45) is 5.92 Å². The van der Waals surface area contributed by atoms with Crippen LogP contribution >= 0.6 is 0 Å². The summed E-state index contributed by atoms with van der Waals surface area (Å²) in [6.45, 7) is -1.75. The number of carbonyl (C=O) groups is 2. The van der Waals surface area contributed by atoms with Crippen LogP contribution < -0.4 is 4.74 Å². The van der Waals surface area contributed by atoms with Crippen LogP contribution in [-0.2, 0) is 29.2 Å². The molecule has 1 atom stereocenters. The van der Waals surface area contributed by atoms with E-state index in [0.29, 0.717) is 0 Å². The number of esters is 2. The number of ether oxygens (including phenoxy) is 3.